The number of amides is 3. The third-order valence-corrected chi connectivity index (χ3v) is 7.87. The number of carbonyl (C=O) groups excluding carboxylic acids is 3. The lowest BCUT2D eigenvalue weighted by Gasteiger charge is -2.20. The standard InChI is InChI=1S/C28H30F6N6O4S/c1-27(2,3)44-26(43)39-24-20(38-23(45-24)19-15(30)6-5-7-16(19)31)22(41)36-18-12-35-40(4)21(18)13-8-10-14(29)17(11-9-13)37-25(42)28(32,33)34/h5-7,12-14,17H,8-11H2,1-4H3,(H,36,41)(H,37,42)(H,39,43)/t13-,14+,17-/m0/s1. The molecule has 1 fully saturated rings. The molecular formula is C28H30F6N6O4S. The van der Waals surface area contributed by atoms with E-state index in [0.29, 0.717) is 17.0 Å². The Morgan fingerprint density at radius 3 is 2.29 bits per heavy atom. The number of rotatable bonds is 6. The van der Waals surface area contributed by atoms with E-state index >= 15 is 0 Å². The van der Waals surface area contributed by atoms with Crippen molar-refractivity contribution in [3.8, 4) is 10.6 Å². The number of carbonyl (C=O) groups is 3. The normalized spacial score (nSPS) is 19.0. The Kier molecular flexibility index (Phi) is 9.80. The number of anilines is 2. The predicted octanol–water partition coefficient (Wildman–Crippen LogP) is 6.46. The van der Waals surface area contributed by atoms with Crippen LogP contribution in [-0.4, -0.2) is 56.7 Å². The van der Waals surface area contributed by atoms with Gasteiger partial charge >= 0.3 is 18.2 Å². The van der Waals surface area contributed by atoms with Crippen molar-refractivity contribution >= 4 is 39.9 Å². The molecule has 4 rings (SSSR count). The number of halogens is 6. The zero-order valence-electron chi connectivity index (χ0n) is 24.5. The first-order valence-corrected chi connectivity index (χ1v) is 14.6. The maximum atomic E-state index is 14.8. The highest BCUT2D eigenvalue weighted by Crippen LogP contribution is 2.39. The molecule has 0 spiro atoms. The topological polar surface area (TPSA) is 127 Å². The highest BCUT2D eigenvalue weighted by molar-refractivity contribution is 7.19. The number of hydrogen-bond acceptors (Lipinski definition) is 7. The van der Waals surface area contributed by atoms with Crippen LogP contribution in [0.4, 0.5) is 41.8 Å². The second-order valence-corrected chi connectivity index (χ2v) is 12.4. The van der Waals surface area contributed by atoms with Crippen LogP contribution >= 0.6 is 11.3 Å². The Hall–Kier alpha value is -4.15. The van der Waals surface area contributed by atoms with Crippen molar-refractivity contribution in [2.24, 2.45) is 7.05 Å². The maximum absolute atomic E-state index is 14.8. The molecule has 2 heterocycles. The van der Waals surface area contributed by atoms with Crippen molar-refractivity contribution in [3.05, 3.63) is 47.4 Å². The fourth-order valence-electron chi connectivity index (χ4n) is 4.93. The molecule has 0 aliphatic heterocycles. The zero-order chi connectivity index (χ0) is 33.3. The molecule has 2 aromatic heterocycles. The van der Waals surface area contributed by atoms with Crippen LogP contribution in [0.5, 0.6) is 0 Å². The minimum absolute atomic E-state index is 0.111. The smallest absolute Gasteiger partial charge is 0.444 e. The number of nitrogens with one attached hydrogen (secondary N) is 3. The summed E-state index contributed by atoms with van der Waals surface area (Å²) in [6.07, 6.45) is -6.49. The molecule has 1 aliphatic rings. The number of nitrogens with zero attached hydrogens (tertiary/aromatic N) is 3. The molecule has 0 radical (unpaired) electrons. The first kappa shape index (κ1) is 33.7. The van der Waals surface area contributed by atoms with Crippen LogP contribution < -0.4 is 16.0 Å². The van der Waals surface area contributed by atoms with Gasteiger partial charge in [-0.2, -0.15) is 18.3 Å². The summed E-state index contributed by atoms with van der Waals surface area (Å²) in [6.45, 7) is 4.84. The Morgan fingerprint density at radius 2 is 1.67 bits per heavy atom. The van der Waals surface area contributed by atoms with E-state index in [1.165, 1.54) is 10.9 Å². The van der Waals surface area contributed by atoms with Gasteiger partial charge in [-0.25, -0.2) is 22.9 Å². The van der Waals surface area contributed by atoms with Gasteiger partial charge in [0.05, 0.1) is 29.2 Å². The van der Waals surface area contributed by atoms with Crippen LogP contribution in [0, 0.1) is 11.6 Å². The third-order valence-electron chi connectivity index (χ3n) is 6.88. The number of benzene rings is 1. The molecular weight excluding hydrogens is 630 g/mol. The van der Waals surface area contributed by atoms with Crippen molar-refractivity contribution in [1.29, 1.82) is 0 Å². The Balaban J connectivity index is 1.61. The van der Waals surface area contributed by atoms with Gasteiger partial charge in [0, 0.05) is 13.0 Å². The van der Waals surface area contributed by atoms with Gasteiger partial charge in [0.1, 0.15) is 33.4 Å². The largest absolute Gasteiger partial charge is 0.471 e. The molecule has 17 heteroatoms. The summed E-state index contributed by atoms with van der Waals surface area (Å²) >= 11 is 0.640. The fraction of sp³-hybridized carbons (Fsp3) is 0.464. The monoisotopic (exact) mass is 660 g/mol. The molecule has 3 atom stereocenters. The maximum Gasteiger partial charge on any atom is 0.471 e. The molecule has 1 aliphatic carbocycles. The van der Waals surface area contributed by atoms with Gasteiger partial charge in [-0.15, -0.1) is 0 Å². The van der Waals surface area contributed by atoms with Crippen LogP contribution in [0.25, 0.3) is 10.6 Å². The van der Waals surface area contributed by atoms with Crippen molar-refractivity contribution in [1.82, 2.24) is 20.1 Å². The number of ether oxygens (including phenoxy) is 1. The molecule has 3 N–H and O–H groups in total. The van der Waals surface area contributed by atoms with Crippen molar-refractivity contribution in [2.75, 3.05) is 10.6 Å². The number of alkyl halides is 4. The van der Waals surface area contributed by atoms with Crippen LogP contribution in [-0.2, 0) is 16.6 Å². The van der Waals surface area contributed by atoms with Crippen molar-refractivity contribution < 1.29 is 45.5 Å². The van der Waals surface area contributed by atoms with Gasteiger partial charge in [-0.05, 0) is 58.6 Å². The highest BCUT2D eigenvalue weighted by Gasteiger charge is 2.42. The fourth-order valence-corrected chi connectivity index (χ4v) is 5.92. The summed E-state index contributed by atoms with van der Waals surface area (Å²) in [5.74, 6) is -5.48. The van der Waals surface area contributed by atoms with E-state index in [1.807, 2.05) is 0 Å². The van der Waals surface area contributed by atoms with E-state index in [4.69, 9.17) is 4.74 Å². The first-order chi connectivity index (χ1) is 20.9. The van der Waals surface area contributed by atoms with Crippen LogP contribution in [0.3, 0.4) is 0 Å². The lowest BCUT2D eigenvalue weighted by atomic mass is 9.95. The van der Waals surface area contributed by atoms with Crippen LogP contribution in [0.2, 0.25) is 0 Å². The first-order valence-electron chi connectivity index (χ1n) is 13.7. The third kappa shape index (κ3) is 8.12. The minimum atomic E-state index is -5.16. The van der Waals surface area contributed by atoms with E-state index < -0.39 is 70.7 Å². The molecule has 0 saturated heterocycles. The van der Waals surface area contributed by atoms with Gasteiger partial charge in [0.2, 0.25) is 0 Å². The van der Waals surface area contributed by atoms with E-state index in [9.17, 15) is 40.7 Å². The van der Waals surface area contributed by atoms with Crippen LogP contribution in [0.15, 0.2) is 24.4 Å². The predicted molar refractivity (Wildman–Crippen MR) is 153 cm³/mol. The lowest BCUT2D eigenvalue weighted by molar-refractivity contribution is -0.174. The van der Waals surface area contributed by atoms with Gasteiger partial charge in [0.15, 0.2) is 5.69 Å². The van der Waals surface area contributed by atoms with E-state index in [0.717, 1.165) is 18.2 Å². The average molecular weight is 661 g/mol. The zero-order valence-corrected chi connectivity index (χ0v) is 25.3. The number of hydrogen-bond donors (Lipinski definition) is 3. The highest BCUT2D eigenvalue weighted by atomic mass is 32.1. The van der Waals surface area contributed by atoms with Gasteiger partial charge in [0.25, 0.3) is 5.91 Å². The Bertz CT molecular complexity index is 1560. The number of aromatic nitrogens is 3. The number of thiazole rings is 1. The molecule has 0 bridgehead atoms. The van der Waals surface area contributed by atoms with E-state index in [1.54, 1.807) is 33.1 Å². The summed E-state index contributed by atoms with van der Waals surface area (Å²) in [6, 6.07) is 1.82. The Labute approximate surface area is 257 Å². The molecule has 1 aromatic carbocycles. The molecule has 1 saturated carbocycles. The second kappa shape index (κ2) is 13.1. The summed E-state index contributed by atoms with van der Waals surface area (Å²) in [4.78, 5) is 41.6. The quantitative estimate of drug-likeness (QED) is 0.206. The Morgan fingerprint density at radius 1 is 1.02 bits per heavy atom. The minimum Gasteiger partial charge on any atom is -0.444 e. The molecule has 0 unspecified atom stereocenters. The summed E-state index contributed by atoms with van der Waals surface area (Å²) < 4.78 is 88.9. The summed E-state index contributed by atoms with van der Waals surface area (Å²) in [5, 5.41) is 10.5. The molecule has 3 aromatic rings. The van der Waals surface area contributed by atoms with Crippen molar-refractivity contribution in [2.45, 2.75) is 76.4 Å². The van der Waals surface area contributed by atoms with E-state index in [2.05, 4.69) is 20.7 Å². The van der Waals surface area contributed by atoms with Crippen molar-refractivity contribution in [3.63, 3.8) is 0 Å². The van der Waals surface area contributed by atoms with Gasteiger partial charge in [-0.1, -0.05) is 17.4 Å². The second-order valence-electron chi connectivity index (χ2n) is 11.4. The van der Waals surface area contributed by atoms with E-state index in [-0.39, 0.29) is 41.4 Å². The molecule has 3 amide bonds. The van der Waals surface area contributed by atoms with Gasteiger partial charge in [-0.3, -0.25) is 19.6 Å². The number of aryl methyl sites for hydroxylation is 1. The summed E-state index contributed by atoms with van der Waals surface area (Å²) in [5.41, 5.74) is -1.22. The van der Waals surface area contributed by atoms with Crippen LogP contribution in [0.1, 0.15) is 68.6 Å². The average Bonchev–Trinajstić information content (AvgIpc) is 3.43. The summed E-state index contributed by atoms with van der Waals surface area (Å²) in [7, 11) is 1.56. The lowest BCUT2D eigenvalue weighted by Crippen LogP contribution is -2.46. The molecule has 45 heavy (non-hydrogen) atoms. The van der Waals surface area contributed by atoms with Gasteiger partial charge < -0.3 is 15.4 Å². The molecule has 10 nitrogen and oxygen atoms in total. The SMILES string of the molecule is Cn1ncc(NC(=O)c2nc(-c3c(F)cccc3F)sc2NC(=O)OC(C)(C)C)c1[C@H]1CC[C@@H](F)[C@@H](NC(=O)C(F)(F)F)CC1. The molecule has 244 valence electrons.